The lowest BCUT2D eigenvalue weighted by molar-refractivity contribution is 0.102. The standard InChI is InChI=1S/C13H12FN3O2/c1-8-7-11(19-2)16-13(15-8)17-12(18)9-5-3-4-6-10(9)14/h3-7H,1-2H3,(H,15,16,17,18). The molecule has 2 aromatic rings. The first-order valence-corrected chi connectivity index (χ1v) is 5.55. The van der Waals surface area contributed by atoms with E-state index in [4.69, 9.17) is 4.74 Å². The van der Waals surface area contributed by atoms with Gasteiger partial charge in [0.05, 0.1) is 12.7 Å². The van der Waals surface area contributed by atoms with Crippen LogP contribution in [0.4, 0.5) is 10.3 Å². The molecule has 0 aliphatic carbocycles. The smallest absolute Gasteiger partial charge is 0.260 e. The Bertz CT molecular complexity index is 617. The van der Waals surface area contributed by atoms with E-state index in [0.717, 1.165) is 0 Å². The third-order valence-electron chi connectivity index (χ3n) is 2.38. The fourth-order valence-corrected chi connectivity index (χ4v) is 1.51. The summed E-state index contributed by atoms with van der Waals surface area (Å²) in [6, 6.07) is 7.32. The van der Waals surface area contributed by atoms with Crippen molar-refractivity contribution in [1.82, 2.24) is 9.97 Å². The number of carbonyl (C=O) groups is 1. The number of carbonyl (C=O) groups excluding carboxylic acids is 1. The number of aryl methyl sites for hydroxylation is 1. The van der Waals surface area contributed by atoms with Crippen LogP contribution in [0.3, 0.4) is 0 Å². The van der Waals surface area contributed by atoms with E-state index < -0.39 is 11.7 Å². The third-order valence-corrected chi connectivity index (χ3v) is 2.38. The summed E-state index contributed by atoms with van der Waals surface area (Å²) in [5, 5.41) is 2.43. The van der Waals surface area contributed by atoms with Crippen molar-refractivity contribution >= 4 is 11.9 Å². The Morgan fingerprint density at radius 2 is 2.05 bits per heavy atom. The van der Waals surface area contributed by atoms with Crippen molar-refractivity contribution in [3.8, 4) is 5.88 Å². The number of amides is 1. The van der Waals surface area contributed by atoms with E-state index in [0.29, 0.717) is 11.6 Å². The molecular weight excluding hydrogens is 249 g/mol. The third kappa shape index (κ3) is 3.04. The summed E-state index contributed by atoms with van der Waals surface area (Å²) < 4.78 is 18.4. The number of hydrogen-bond donors (Lipinski definition) is 1. The van der Waals surface area contributed by atoms with E-state index in [1.54, 1.807) is 19.1 Å². The number of rotatable bonds is 3. The number of aromatic nitrogens is 2. The Balaban J connectivity index is 2.24. The monoisotopic (exact) mass is 261 g/mol. The lowest BCUT2D eigenvalue weighted by Gasteiger charge is -2.07. The quantitative estimate of drug-likeness (QED) is 0.919. The van der Waals surface area contributed by atoms with E-state index in [2.05, 4.69) is 15.3 Å². The zero-order valence-electron chi connectivity index (χ0n) is 10.5. The molecule has 2 rings (SSSR count). The first kappa shape index (κ1) is 12.9. The topological polar surface area (TPSA) is 64.1 Å². The largest absolute Gasteiger partial charge is 0.481 e. The van der Waals surface area contributed by atoms with Gasteiger partial charge in [-0.1, -0.05) is 12.1 Å². The molecule has 98 valence electrons. The molecule has 19 heavy (non-hydrogen) atoms. The summed E-state index contributed by atoms with van der Waals surface area (Å²) in [6.45, 7) is 1.74. The zero-order chi connectivity index (χ0) is 13.8. The Kier molecular flexibility index (Phi) is 3.70. The Morgan fingerprint density at radius 1 is 1.32 bits per heavy atom. The van der Waals surface area contributed by atoms with Crippen LogP contribution in [0.25, 0.3) is 0 Å². The fourth-order valence-electron chi connectivity index (χ4n) is 1.51. The zero-order valence-corrected chi connectivity index (χ0v) is 10.5. The highest BCUT2D eigenvalue weighted by Gasteiger charge is 2.13. The van der Waals surface area contributed by atoms with Crippen LogP contribution in [0.1, 0.15) is 16.1 Å². The van der Waals surface area contributed by atoms with Gasteiger partial charge in [0.25, 0.3) is 5.91 Å². The highest BCUT2D eigenvalue weighted by molar-refractivity contribution is 6.03. The molecule has 0 saturated carbocycles. The summed E-state index contributed by atoms with van der Waals surface area (Å²) in [7, 11) is 1.46. The summed E-state index contributed by atoms with van der Waals surface area (Å²) >= 11 is 0. The first-order chi connectivity index (χ1) is 9.10. The summed E-state index contributed by atoms with van der Waals surface area (Å²) in [4.78, 5) is 19.9. The molecule has 0 unspecified atom stereocenters. The lowest BCUT2D eigenvalue weighted by Crippen LogP contribution is -2.16. The average molecular weight is 261 g/mol. The van der Waals surface area contributed by atoms with Gasteiger partial charge >= 0.3 is 0 Å². The van der Waals surface area contributed by atoms with E-state index >= 15 is 0 Å². The summed E-state index contributed by atoms with van der Waals surface area (Å²) in [5.41, 5.74) is 0.572. The predicted molar refractivity (Wildman–Crippen MR) is 67.7 cm³/mol. The minimum Gasteiger partial charge on any atom is -0.481 e. The van der Waals surface area contributed by atoms with Gasteiger partial charge in [0.15, 0.2) is 0 Å². The molecule has 5 nitrogen and oxygen atoms in total. The van der Waals surface area contributed by atoms with Crippen molar-refractivity contribution in [1.29, 1.82) is 0 Å². The molecule has 0 spiro atoms. The number of benzene rings is 1. The van der Waals surface area contributed by atoms with Crippen molar-refractivity contribution in [3.63, 3.8) is 0 Å². The maximum atomic E-state index is 13.4. The summed E-state index contributed by atoms with van der Waals surface area (Å²) in [6.07, 6.45) is 0. The molecule has 0 fully saturated rings. The summed E-state index contributed by atoms with van der Waals surface area (Å²) in [5.74, 6) is -0.799. The Labute approximate surface area is 109 Å². The Hall–Kier alpha value is -2.50. The normalized spacial score (nSPS) is 10.1. The molecule has 0 bridgehead atoms. The molecule has 1 aromatic heterocycles. The minimum absolute atomic E-state index is 0.0634. The van der Waals surface area contributed by atoms with Crippen LogP contribution in [-0.2, 0) is 0 Å². The van der Waals surface area contributed by atoms with E-state index in [-0.39, 0.29) is 11.5 Å². The van der Waals surface area contributed by atoms with Crippen LogP contribution < -0.4 is 10.1 Å². The first-order valence-electron chi connectivity index (χ1n) is 5.55. The highest BCUT2D eigenvalue weighted by atomic mass is 19.1. The molecule has 6 heteroatoms. The van der Waals surface area contributed by atoms with Crippen molar-refractivity contribution in [2.75, 3.05) is 12.4 Å². The van der Waals surface area contributed by atoms with Gasteiger partial charge in [-0.15, -0.1) is 0 Å². The van der Waals surface area contributed by atoms with Crippen LogP contribution >= 0.6 is 0 Å². The van der Waals surface area contributed by atoms with Crippen LogP contribution in [0.5, 0.6) is 5.88 Å². The van der Waals surface area contributed by atoms with Crippen molar-refractivity contribution < 1.29 is 13.9 Å². The van der Waals surface area contributed by atoms with Gasteiger partial charge in [-0.2, -0.15) is 4.98 Å². The number of nitrogens with zero attached hydrogens (tertiary/aromatic N) is 2. The fraction of sp³-hybridized carbons (Fsp3) is 0.154. The number of methoxy groups -OCH3 is 1. The molecule has 0 aliphatic heterocycles. The maximum Gasteiger partial charge on any atom is 0.260 e. The minimum atomic E-state index is -0.606. The van der Waals surface area contributed by atoms with Gasteiger partial charge in [-0.25, -0.2) is 9.37 Å². The van der Waals surface area contributed by atoms with Gasteiger partial charge < -0.3 is 4.74 Å². The Morgan fingerprint density at radius 3 is 2.74 bits per heavy atom. The number of halogens is 1. The van der Waals surface area contributed by atoms with Crippen molar-refractivity contribution in [2.45, 2.75) is 6.92 Å². The van der Waals surface area contributed by atoms with Crippen LogP contribution in [0.15, 0.2) is 30.3 Å². The molecule has 1 amide bonds. The predicted octanol–water partition coefficient (Wildman–Crippen LogP) is 2.19. The molecule has 0 saturated heterocycles. The van der Waals surface area contributed by atoms with Crippen molar-refractivity contribution in [3.05, 3.63) is 47.4 Å². The second-order valence-corrected chi connectivity index (χ2v) is 3.81. The van der Waals surface area contributed by atoms with Crippen LogP contribution in [-0.4, -0.2) is 23.0 Å². The molecule has 0 radical (unpaired) electrons. The van der Waals surface area contributed by atoms with Gasteiger partial charge in [-0.3, -0.25) is 10.1 Å². The molecule has 1 aromatic carbocycles. The molecule has 1 N–H and O–H groups in total. The van der Waals surface area contributed by atoms with E-state index in [1.165, 1.54) is 25.3 Å². The van der Waals surface area contributed by atoms with Gasteiger partial charge in [0.1, 0.15) is 5.82 Å². The van der Waals surface area contributed by atoms with Gasteiger partial charge in [0.2, 0.25) is 11.8 Å². The van der Waals surface area contributed by atoms with Crippen LogP contribution in [0.2, 0.25) is 0 Å². The van der Waals surface area contributed by atoms with Crippen molar-refractivity contribution in [2.24, 2.45) is 0 Å². The maximum absolute atomic E-state index is 13.4. The number of hydrogen-bond acceptors (Lipinski definition) is 4. The number of anilines is 1. The van der Waals surface area contributed by atoms with Gasteiger partial charge in [0, 0.05) is 11.8 Å². The second kappa shape index (κ2) is 5.43. The molecular formula is C13H12FN3O2. The SMILES string of the molecule is COc1cc(C)nc(NC(=O)c2ccccc2F)n1. The molecule has 0 atom stereocenters. The molecule has 1 heterocycles. The molecule has 0 aliphatic rings. The lowest BCUT2D eigenvalue weighted by atomic mass is 10.2. The van der Waals surface area contributed by atoms with Crippen LogP contribution in [0, 0.1) is 12.7 Å². The number of nitrogens with one attached hydrogen (secondary N) is 1. The van der Waals surface area contributed by atoms with Gasteiger partial charge in [-0.05, 0) is 19.1 Å². The number of ether oxygens (including phenoxy) is 1. The van der Waals surface area contributed by atoms with E-state index in [9.17, 15) is 9.18 Å². The van der Waals surface area contributed by atoms with E-state index in [1.807, 2.05) is 0 Å². The second-order valence-electron chi connectivity index (χ2n) is 3.81. The highest BCUT2D eigenvalue weighted by Crippen LogP contribution is 2.13. The average Bonchev–Trinajstić information content (AvgIpc) is 2.38.